The molecule has 0 radical (unpaired) electrons. The van der Waals surface area contributed by atoms with Crippen molar-refractivity contribution >= 4 is 33.1 Å². The Balaban J connectivity index is 1.41. The van der Waals surface area contributed by atoms with E-state index in [9.17, 15) is 4.79 Å². The highest BCUT2D eigenvalue weighted by molar-refractivity contribution is 7.16. The third kappa shape index (κ3) is 3.32. The highest BCUT2D eigenvalue weighted by Crippen LogP contribution is 2.20. The number of nitrogens with zero attached hydrogens (tertiary/aromatic N) is 3. The van der Waals surface area contributed by atoms with Crippen LogP contribution in [-0.4, -0.2) is 33.4 Å². The highest BCUT2D eigenvalue weighted by Gasteiger charge is 2.15. The van der Waals surface area contributed by atoms with Crippen molar-refractivity contribution in [1.82, 2.24) is 14.8 Å². The third-order valence-electron chi connectivity index (χ3n) is 4.15. The number of fused-ring (bicyclic) bond motifs is 1. The van der Waals surface area contributed by atoms with Crippen molar-refractivity contribution in [1.29, 1.82) is 0 Å². The van der Waals surface area contributed by atoms with E-state index in [1.807, 2.05) is 23.0 Å². The average Bonchev–Trinajstić information content (AvgIpc) is 3.24. The number of thiazole rings is 1. The standard InChI is InChI=1S/C17H18N4O2S/c22-17(12-4-5-15-16(7-12)24-11-18-15)20-13-8-19-21(9-13)10-14-3-1-2-6-23-14/h4-5,7-9,11,14H,1-3,6,10H2,(H,20,22). The van der Waals surface area contributed by atoms with Crippen molar-refractivity contribution in [3.8, 4) is 0 Å². The summed E-state index contributed by atoms with van der Waals surface area (Å²) < 4.78 is 8.56. The van der Waals surface area contributed by atoms with E-state index >= 15 is 0 Å². The fourth-order valence-electron chi connectivity index (χ4n) is 2.89. The van der Waals surface area contributed by atoms with E-state index < -0.39 is 0 Å². The van der Waals surface area contributed by atoms with Crippen LogP contribution in [0.1, 0.15) is 29.6 Å². The molecule has 1 fully saturated rings. The average molecular weight is 342 g/mol. The van der Waals surface area contributed by atoms with Crippen LogP contribution in [0.4, 0.5) is 5.69 Å². The maximum atomic E-state index is 12.4. The van der Waals surface area contributed by atoms with Crippen LogP contribution in [0.25, 0.3) is 10.2 Å². The van der Waals surface area contributed by atoms with Gasteiger partial charge in [0.1, 0.15) is 0 Å². The Hall–Kier alpha value is -2.25. The zero-order chi connectivity index (χ0) is 16.4. The van der Waals surface area contributed by atoms with Gasteiger partial charge in [0.25, 0.3) is 5.91 Å². The van der Waals surface area contributed by atoms with Crippen molar-refractivity contribution in [2.45, 2.75) is 31.9 Å². The van der Waals surface area contributed by atoms with E-state index in [4.69, 9.17) is 4.74 Å². The maximum Gasteiger partial charge on any atom is 0.255 e. The molecule has 124 valence electrons. The van der Waals surface area contributed by atoms with Gasteiger partial charge in [-0.05, 0) is 37.5 Å². The van der Waals surface area contributed by atoms with Crippen LogP contribution < -0.4 is 5.32 Å². The number of ether oxygens (including phenoxy) is 1. The molecule has 2 aromatic heterocycles. The molecular formula is C17H18N4O2S. The Morgan fingerprint density at radius 2 is 2.38 bits per heavy atom. The molecule has 1 saturated heterocycles. The molecule has 24 heavy (non-hydrogen) atoms. The lowest BCUT2D eigenvalue weighted by molar-refractivity contribution is 0.00401. The number of carbonyl (C=O) groups excluding carboxylic acids is 1. The first-order valence-corrected chi connectivity index (χ1v) is 8.94. The third-order valence-corrected chi connectivity index (χ3v) is 4.94. The molecule has 1 aromatic carbocycles. The van der Waals surface area contributed by atoms with Gasteiger partial charge < -0.3 is 10.1 Å². The van der Waals surface area contributed by atoms with Gasteiger partial charge in [-0.25, -0.2) is 4.98 Å². The van der Waals surface area contributed by atoms with E-state index in [-0.39, 0.29) is 12.0 Å². The van der Waals surface area contributed by atoms with Gasteiger partial charge in [0, 0.05) is 18.4 Å². The van der Waals surface area contributed by atoms with Crippen LogP contribution >= 0.6 is 11.3 Å². The minimum absolute atomic E-state index is 0.140. The molecule has 1 aliphatic heterocycles. The van der Waals surface area contributed by atoms with Crippen molar-refractivity contribution in [2.24, 2.45) is 0 Å². The number of rotatable bonds is 4. The summed E-state index contributed by atoms with van der Waals surface area (Å²) in [5.41, 5.74) is 4.01. The van der Waals surface area contributed by atoms with Crippen LogP contribution in [0.5, 0.6) is 0 Å². The van der Waals surface area contributed by atoms with Crippen molar-refractivity contribution in [3.63, 3.8) is 0 Å². The largest absolute Gasteiger partial charge is 0.376 e. The van der Waals surface area contributed by atoms with E-state index in [2.05, 4.69) is 15.4 Å². The Morgan fingerprint density at radius 1 is 1.42 bits per heavy atom. The number of nitrogens with one attached hydrogen (secondary N) is 1. The molecule has 7 heteroatoms. The molecule has 0 aliphatic carbocycles. The van der Waals surface area contributed by atoms with E-state index in [1.54, 1.807) is 17.8 Å². The monoisotopic (exact) mass is 342 g/mol. The van der Waals surface area contributed by atoms with Crippen LogP contribution in [0.15, 0.2) is 36.1 Å². The molecule has 6 nitrogen and oxygen atoms in total. The SMILES string of the molecule is O=C(Nc1cnn(CC2CCCCO2)c1)c1ccc2ncsc2c1. The Morgan fingerprint density at radius 3 is 3.25 bits per heavy atom. The first-order chi connectivity index (χ1) is 11.8. The highest BCUT2D eigenvalue weighted by atomic mass is 32.1. The Bertz CT molecular complexity index is 851. The number of anilines is 1. The predicted octanol–water partition coefficient (Wildman–Crippen LogP) is 3.31. The van der Waals surface area contributed by atoms with Crippen LogP contribution in [0.3, 0.4) is 0 Å². The van der Waals surface area contributed by atoms with E-state index in [0.29, 0.717) is 11.3 Å². The number of aromatic nitrogens is 3. The molecule has 1 atom stereocenters. The molecule has 0 bridgehead atoms. The smallest absolute Gasteiger partial charge is 0.255 e. The predicted molar refractivity (Wildman–Crippen MR) is 93.4 cm³/mol. The zero-order valence-corrected chi connectivity index (χ0v) is 14.0. The first kappa shape index (κ1) is 15.3. The maximum absolute atomic E-state index is 12.4. The second-order valence-electron chi connectivity index (χ2n) is 5.93. The van der Waals surface area contributed by atoms with E-state index in [0.717, 1.165) is 36.2 Å². The molecule has 3 heterocycles. The van der Waals surface area contributed by atoms with Crippen molar-refractivity contribution in [3.05, 3.63) is 41.7 Å². The molecule has 0 spiro atoms. The quantitative estimate of drug-likeness (QED) is 0.790. The van der Waals surface area contributed by atoms with Crippen LogP contribution in [0, 0.1) is 0 Å². The summed E-state index contributed by atoms with van der Waals surface area (Å²) in [6.45, 7) is 1.55. The Labute approximate surface area is 143 Å². The molecule has 0 saturated carbocycles. The number of hydrogen-bond acceptors (Lipinski definition) is 5. The summed E-state index contributed by atoms with van der Waals surface area (Å²) in [5, 5.41) is 7.21. The molecule has 3 aromatic rings. The fourth-order valence-corrected chi connectivity index (χ4v) is 3.60. The van der Waals surface area contributed by atoms with Crippen molar-refractivity contribution in [2.75, 3.05) is 11.9 Å². The fraction of sp³-hybridized carbons (Fsp3) is 0.353. The molecule has 1 unspecified atom stereocenters. The molecule has 1 amide bonds. The molecule has 1 aliphatic rings. The summed E-state index contributed by atoms with van der Waals surface area (Å²) >= 11 is 1.53. The summed E-state index contributed by atoms with van der Waals surface area (Å²) in [5.74, 6) is -0.140. The lowest BCUT2D eigenvalue weighted by atomic mass is 10.1. The Kier molecular flexibility index (Phi) is 4.27. The lowest BCUT2D eigenvalue weighted by Crippen LogP contribution is -2.24. The number of carbonyl (C=O) groups is 1. The molecule has 4 rings (SSSR count). The first-order valence-electron chi connectivity index (χ1n) is 8.06. The zero-order valence-electron chi connectivity index (χ0n) is 13.1. The summed E-state index contributed by atoms with van der Waals surface area (Å²) in [6.07, 6.45) is 7.15. The van der Waals surface area contributed by atoms with Gasteiger partial charge in [0.05, 0.1) is 40.3 Å². The summed E-state index contributed by atoms with van der Waals surface area (Å²) in [6, 6.07) is 5.52. The van der Waals surface area contributed by atoms with Gasteiger partial charge >= 0.3 is 0 Å². The van der Waals surface area contributed by atoms with Gasteiger partial charge in [-0.3, -0.25) is 9.48 Å². The number of amides is 1. The van der Waals surface area contributed by atoms with Gasteiger partial charge in [-0.2, -0.15) is 5.10 Å². The number of benzene rings is 1. The van der Waals surface area contributed by atoms with E-state index in [1.165, 1.54) is 17.8 Å². The minimum Gasteiger partial charge on any atom is -0.376 e. The van der Waals surface area contributed by atoms with Crippen LogP contribution in [0.2, 0.25) is 0 Å². The van der Waals surface area contributed by atoms with Gasteiger partial charge in [0.2, 0.25) is 0 Å². The second kappa shape index (κ2) is 6.70. The normalized spacial score (nSPS) is 17.9. The van der Waals surface area contributed by atoms with Crippen molar-refractivity contribution < 1.29 is 9.53 Å². The minimum atomic E-state index is -0.140. The topological polar surface area (TPSA) is 69.0 Å². The number of hydrogen-bond donors (Lipinski definition) is 1. The lowest BCUT2D eigenvalue weighted by Gasteiger charge is -2.22. The summed E-state index contributed by atoms with van der Waals surface area (Å²) in [4.78, 5) is 16.6. The van der Waals surface area contributed by atoms with Gasteiger partial charge in [-0.1, -0.05) is 0 Å². The second-order valence-corrected chi connectivity index (χ2v) is 6.81. The van der Waals surface area contributed by atoms with Crippen LogP contribution in [-0.2, 0) is 11.3 Å². The molecular weight excluding hydrogens is 324 g/mol. The van der Waals surface area contributed by atoms with Gasteiger partial charge in [0.15, 0.2) is 0 Å². The van der Waals surface area contributed by atoms with Gasteiger partial charge in [-0.15, -0.1) is 11.3 Å². The molecule has 1 N–H and O–H groups in total. The summed E-state index contributed by atoms with van der Waals surface area (Å²) in [7, 11) is 0.